The predicted molar refractivity (Wildman–Crippen MR) is 91.2 cm³/mol. The summed E-state index contributed by atoms with van der Waals surface area (Å²) in [5.41, 5.74) is -0.265. The summed E-state index contributed by atoms with van der Waals surface area (Å²) in [5, 5.41) is 2.77. The summed E-state index contributed by atoms with van der Waals surface area (Å²) < 4.78 is 11.3. The van der Waals surface area contributed by atoms with Crippen molar-refractivity contribution < 1.29 is 19.1 Å². The van der Waals surface area contributed by atoms with E-state index in [9.17, 15) is 9.59 Å². The lowest BCUT2D eigenvalue weighted by Crippen LogP contribution is -2.55. The zero-order valence-electron chi connectivity index (χ0n) is 12.8. The highest BCUT2D eigenvalue weighted by Crippen LogP contribution is 2.25. The van der Waals surface area contributed by atoms with Crippen molar-refractivity contribution in [2.24, 2.45) is 0 Å². The number of hydrogen-bond acceptors (Lipinski definition) is 5. The normalized spacial score (nSPS) is 19.9. The van der Waals surface area contributed by atoms with Crippen molar-refractivity contribution in [3.63, 3.8) is 0 Å². The number of benzene rings is 1. The van der Waals surface area contributed by atoms with Gasteiger partial charge in [0, 0.05) is 13.0 Å². The minimum atomic E-state index is -1.15. The summed E-state index contributed by atoms with van der Waals surface area (Å²) in [4.78, 5) is 25.4. The van der Waals surface area contributed by atoms with Crippen molar-refractivity contribution in [2.75, 3.05) is 13.2 Å². The van der Waals surface area contributed by atoms with E-state index in [1.165, 1.54) is 0 Å². The summed E-state index contributed by atoms with van der Waals surface area (Å²) in [6.07, 6.45) is 0.380. The summed E-state index contributed by atoms with van der Waals surface area (Å²) in [5.74, 6) is -0.839. The van der Waals surface area contributed by atoms with Gasteiger partial charge in [0.25, 0.3) is 5.91 Å². The third-order valence-electron chi connectivity index (χ3n) is 3.77. The monoisotopic (exact) mass is 365 g/mol. The van der Waals surface area contributed by atoms with E-state index in [-0.39, 0.29) is 19.1 Å². The highest BCUT2D eigenvalue weighted by molar-refractivity contribution is 7.18. The van der Waals surface area contributed by atoms with E-state index in [2.05, 4.69) is 5.32 Å². The Labute approximate surface area is 148 Å². The highest BCUT2D eigenvalue weighted by atomic mass is 35.5. The van der Waals surface area contributed by atoms with Gasteiger partial charge in [-0.2, -0.15) is 0 Å². The maximum atomic E-state index is 12.6. The van der Waals surface area contributed by atoms with Gasteiger partial charge in [0.1, 0.15) is 6.61 Å². The van der Waals surface area contributed by atoms with Gasteiger partial charge in [-0.05, 0) is 17.7 Å². The molecule has 1 fully saturated rings. The van der Waals surface area contributed by atoms with Gasteiger partial charge in [-0.25, -0.2) is 4.79 Å². The van der Waals surface area contributed by atoms with E-state index in [0.29, 0.717) is 22.2 Å². The van der Waals surface area contributed by atoms with Crippen LogP contribution in [0.15, 0.2) is 42.5 Å². The zero-order chi connectivity index (χ0) is 17.0. The highest BCUT2D eigenvalue weighted by Gasteiger charge is 2.45. The maximum Gasteiger partial charge on any atom is 0.334 e. The number of halogens is 1. The smallest absolute Gasteiger partial charge is 0.334 e. The van der Waals surface area contributed by atoms with E-state index >= 15 is 0 Å². The maximum absolute atomic E-state index is 12.6. The number of rotatable bonds is 5. The second-order valence-corrected chi connectivity index (χ2v) is 7.22. The molecule has 1 aromatic carbocycles. The average molecular weight is 366 g/mol. The molecule has 1 atom stereocenters. The van der Waals surface area contributed by atoms with Gasteiger partial charge in [0.2, 0.25) is 0 Å². The molecule has 0 saturated carbocycles. The molecule has 0 bridgehead atoms. The van der Waals surface area contributed by atoms with Gasteiger partial charge in [-0.3, -0.25) is 4.79 Å². The molecule has 1 aliphatic rings. The molecule has 0 radical (unpaired) electrons. The Hall–Kier alpha value is -1.89. The fraction of sp³-hybridized carbons (Fsp3) is 0.294. The van der Waals surface area contributed by atoms with Crippen LogP contribution in [0.5, 0.6) is 0 Å². The molecule has 1 aliphatic heterocycles. The van der Waals surface area contributed by atoms with Crippen LogP contribution in [0.1, 0.15) is 21.7 Å². The molecule has 1 amide bonds. The molecule has 1 N–H and O–H groups in total. The molecular formula is C17H16ClNO4S. The number of carbonyl (C=O) groups is 2. The van der Waals surface area contributed by atoms with E-state index in [4.69, 9.17) is 21.1 Å². The van der Waals surface area contributed by atoms with Crippen LogP contribution >= 0.6 is 22.9 Å². The molecule has 1 aromatic heterocycles. The SMILES string of the molecule is O=C(N[C@@]1(C(=O)OCc2ccccc2)CCOC1)c1ccc(Cl)s1. The molecule has 2 heterocycles. The van der Waals surface area contributed by atoms with Crippen molar-refractivity contribution >= 4 is 34.8 Å². The Morgan fingerprint density at radius 3 is 2.67 bits per heavy atom. The largest absolute Gasteiger partial charge is 0.459 e. The van der Waals surface area contributed by atoms with Crippen LogP contribution in [0.4, 0.5) is 0 Å². The van der Waals surface area contributed by atoms with Crippen molar-refractivity contribution in [1.82, 2.24) is 5.32 Å². The summed E-state index contributed by atoms with van der Waals surface area (Å²) in [6.45, 7) is 0.652. The second-order valence-electron chi connectivity index (χ2n) is 5.50. The predicted octanol–water partition coefficient (Wildman–Crippen LogP) is 3.03. The summed E-state index contributed by atoms with van der Waals surface area (Å²) >= 11 is 7.02. The molecule has 126 valence electrons. The minimum Gasteiger partial charge on any atom is -0.459 e. The third kappa shape index (κ3) is 3.77. The fourth-order valence-electron chi connectivity index (χ4n) is 2.45. The fourth-order valence-corrected chi connectivity index (χ4v) is 3.39. The van der Waals surface area contributed by atoms with Crippen molar-refractivity contribution in [3.05, 3.63) is 57.2 Å². The topological polar surface area (TPSA) is 64.6 Å². The average Bonchev–Trinajstić information content (AvgIpc) is 3.23. The number of thiophene rings is 1. The first kappa shape index (κ1) is 17.0. The molecule has 0 unspecified atom stereocenters. The number of nitrogens with one attached hydrogen (secondary N) is 1. The first-order valence-electron chi connectivity index (χ1n) is 7.46. The van der Waals surface area contributed by atoms with Crippen molar-refractivity contribution in [2.45, 2.75) is 18.6 Å². The molecule has 3 rings (SSSR count). The molecular weight excluding hydrogens is 350 g/mol. The van der Waals surface area contributed by atoms with Crippen LogP contribution in [0.2, 0.25) is 4.34 Å². The molecule has 1 saturated heterocycles. The Morgan fingerprint density at radius 1 is 1.25 bits per heavy atom. The van der Waals surface area contributed by atoms with E-state index in [1.807, 2.05) is 30.3 Å². The molecule has 5 nitrogen and oxygen atoms in total. The van der Waals surface area contributed by atoms with Gasteiger partial charge in [0.05, 0.1) is 15.8 Å². The number of amides is 1. The lowest BCUT2D eigenvalue weighted by Gasteiger charge is -2.26. The van der Waals surface area contributed by atoms with Crippen LogP contribution in [-0.4, -0.2) is 30.6 Å². The molecule has 7 heteroatoms. The standard InChI is InChI=1S/C17H16ClNO4S/c18-14-7-6-13(24-14)15(20)19-17(8-9-22-11-17)16(21)23-10-12-4-2-1-3-5-12/h1-7H,8-11H2,(H,19,20)/t17-/m0/s1. The van der Waals surface area contributed by atoms with Crippen molar-refractivity contribution in [3.8, 4) is 0 Å². The zero-order valence-corrected chi connectivity index (χ0v) is 14.4. The second kappa shape index (κ2) is 7.34. The number of carbonyl (C=O) groups excluding carboxylic acids is 2. The number of esters is 1. The van der Waals surface area contributed by atoms with Gasteiger partial charge >= 0.3 is 5.97 Å². The van der Waals surface area contributed by atoms with Crippen LogP contribution < -0.4 is 5.32 Å². The van der Waals surface area contributed by atoms with E-state index in [0.717, 1.165) is 16.9 Å². The van der Waals surface area contributed by atoms with E-state index in [1.54, 1.807) is 12.1 Å². The van der Waals surface area contributed by atoms with Gasteiger partial charge in [-0.1, -0.05) is 41.9 Å². The summed E-state index contributed by atoms with van der Waals surface area (Å²) in [7, 11) is 0. The summed E-state index contributed by atoms with van der Waals surface area (Å²) in [6, 6.07) is 12.7. The number of ether oxygens (including phenoxy) is 2. The first-order chi connectivity index (χ1) is 11.6. The third-order valence-corrected chi connectivity index (χ3v) is 5.00. The van der Waals surface area contributed by atoms with Gasteiger partial charge in [0.15, 0.2) is 5.54 Å². The molecule has 0 spiro atoms. The number of hydrogen-bond donors (Lipinski definition) is 1. The Kier molecular flexibility index (Phi) is 5.18. The molecule has 24 heavy (non-hydrogen) atoms. The van der Waals surface area contributed by atoms with Crippen LogP contribution in [0, 0.1) is 0 Å². The van der Waals surface area contributed by atoms with Crippen LogP contribution in [0.3, 0.4) is 0 Å². The lowest BCUT2D eigenvalue weighted by molar-refractivity contribution is -0.152. The first-order valence-corrected chi connectivity index (χ1v) is 8.65. The van der Waals surface area contributed by atoms with Crippen molar-refractivity contribution in [1.29, 1.82) is 0 Å². The van der Waals surface area contributed by atoms with Crippen LogP contribution in [-0.2, 0) is 20.9 Å². The molecule has 2 aromatic rings. The Balaban J connectivity index is 1.68. The minimum absolute atomic E-state index is 0.103. The Morgan fingerprint density at radius 2 is 2.04 bits per heavy atom. The van der Waals surface area contributed by atoms with Crippen LogP contribution in [0.25, 0.3) is 0 Å². The molecule has 0 aliphatic carbocycles. The van der Waals surface area contributed by atoms with Gasteiger partial charge in [-0.15, -0.1) is 11.3 Å². The lowest BCUT2D eigenvalue weighted by atomic mass is 9.98. The van der Waals surface area contributed by atoms with E-state index < -0.39 is 11.5 Å². The Bertz CT molecular complexity index is 725. The van der Waals surface area contributed by atoms with Gasteiger partial charge < -0.3 is 14.8 Å². The quantitative estimate of drug-likeness (QED) is 0.827.